The van der Waals surface area contributed by atoms with E-state index in [1.807, 2.05) is 45.9 Å². The van der Waals surface area contributed by atoms with Crippen molar-refractivity contribution in [1.29, 1.82) is 0 Å². The third-order valence-electron chi connectivity index (χ3n) is 4.71. The Hall–Kier alpha value is -2.60. The van der Waals surface area contributed by atoms with Crippen LogP contribution in [0.1, 0.15) is 50.3 Å². The first-order chi connectivity index (χ1) is 12.3. The van der Waals surface area contributed by atoms with Crippen molar-refractivity contribution in [3.05, 3.63) is 57.4 Å². The van der Waals surface area contributed by atoms with Crippen LogP contribution in [-0.4, -0.2) is 25.2 Å². The van der Waals surface area contributed by atoms with E-state index >= 15 is 0 Å². The van der Waals surface area contributed by atoms with Crippen LogP contribution in [0.5, 0.6) is 0 Å². The molecule has 0 aromatic heterocycles. The number of ether oxygens (including phenoxy) is 2. The van der Waals surface area contributed by atoms with Crippen LogP contribution in [0.25, 0.3) is 0 Å². The average molecular weight is 374 g/mol. The molecule has 0 saturated heterocycles. The number of carbonyl (C=O) groups excluding carboxylic acids is 2. The van der Waals surface area contributed by atoms with Gasteiger partial charge in [0.2, 0.25) is 0 Å². The number of hydrogen-bond acceptors (Lipinski definition) is 6. The molecule has 0 saturated carbocycles. The van der Waals surface area contributed by atoms with Crippen molar-refractivity contribution in [2.75, 3.05) is 13.2 Å². The van der Waals surface area contributed by atoms with Crippen LogP contribution in [0, 0.1) is 13.8 Å². The lowest BCUT2D eigenvalue weighted by atomic mass is 9.78. The van der Waals surface area contributed by atoms with E-state index in [0.717, 1.165) is 16.7 Å². The van der Waals surface area contributed by atoms with E-state index in [1.165, 1.54) is 0 Å². The number of benzene rings is 1. The molecule has 0 radical (unpaired) electrons. The molecule has 0 fully saturated rings. The quantitative estimate of drug-likeness (QED) is 0.760. The molecular formula is C21H30N2O4. The van der Waals surface area contributed by atoms with Gasteiger partial charge in [-0.25, -0.2) is 9.59 Å². The molecule has 148 valence electrons. The van der Waals surface area contributed by atoms with Crippen LogP contribution >= 0.6 is 0 Å². The smallest absolute Gasteiger partial charge is 0.336 e. The van der Waals surface area contributed by atoms with Gasteiger partial charge in [-0.05, 0) is 58.2 Å². The van der Waals surface area contributed by atoms with E-state index in [4.69, 9.17) is 9.47 Å². The number of allylic oxidation sites excluding steroid dienone is 2. The Morgan fingerprint density at radius 3 is 1.85 bits per heavy atom. The number of dihydropyridines is 1. The molecule has 0 aliphatic carbocycles. The van der Waals surface area contributed by atoms with Crippen molar-refractivity contribution >= 4 is 11.9 Å². The highest BCUT2D eigenvalue weighted by molar-refractivity contribution is 6.00. The fraction of sp³-hybridized carbons (Fsp3) is 0.429. The predicted molar refractivity (Wildman–Crippen MR) is 105 cm³/mol. The summed E-state index contributed by atoms with van der Waals surface area (Å²) in [5.74, 6) is -1.36. The zero-order valence-corrected chi connectivity index (χ0v) is 17.1. The topological polar surface area (TPSA) is 99.6 Å². The summed E-state index contributed by atoms with van der Waals surface area (Å²) in [5, 5.41) is 3.15. The molecule has 1 aliphatic rings. The van der Waals surface area contributed by atoms with Gasteiger partial charge < -0.3 is 20.9 Å². The highest BCUT2D eigenvalue weighted by Crippen LogP contribution is 2.40. The molecule has 0 amide bonds. The monoisotopic (exact) mass is 374 g/mol. The molecule has 6 heteroatoms. The van der Waals surface area contributed by atoms with Crippen molar-refractivity contribution in [2.45, 2.75) is 47.5 Å². The second-order valence-corrected chi connectivity index (χ2v) is 6.37. The largest absolute Gasteiger partial charge is 0.463 e. The van der Waals surface area contributed by atoms with Crippen molar-refractivity contribution < 1.29 is 19.1 Å². The summed E-state index contributed by atoms with van der Waals surface area (Å²) in [6, 6.07) is 5.91. The molecule has 0 unspecified atom stereocenters. The fourth-order valence-electron chi connectivity index (χ4n) is 3.35. The Morgan fingerprint density at radius 2 is 1.41 bits per heavy atom. The summed E-state index contributed by atoms with van der Waals surface area (Å²) >= 11 is 0. The van der Waals surface area contributed by atoms with Gasteiger partial charge in [0.1, 0.15) is 0 Å². The van der Waals surface area contributed by atoms with Gasteiger partial charge in [0.25, 0.3) is 0 Å². The molecule has 4 N–H and O–H groups in total. The van der Waals surface area contributed by atoms with Crippen molar-refractivity contribution in [1.82, 2.24) is 11.5 Å². The maximum Gasteiger partial charge on any atom is 0.336 e. The molecule has 1 heterocycles. The molecular weight excluding hydrogens is 344 g/mol. The minimum atomic E-state index is -0.519. The fourth-order valence-corrected chi connectivity index (χ4v) is 3.35. The first-order valence-corrected chi connectivity index (χ1v) is 8.92. The molecule has 2 rings (SSSR count). The minimum absolute atomic E-state index is 0. The molecule has 0 bridgehead atoms. The van der Waals surface area contributed by atoms with Crippen LogP contribution in [0.3, 0.4) is 0 Å². The second kappa shape index (κ2) is 9.37. The second-order valence-electron chi connectivity index (χ2n) is 6.37. The molecule has 1 aliphatic heterocycles. The standard InChI is InChI=1S/C21H27NO4.H3N/c1-7-25-20(23)17-14(5)22-15(6)18(21(24)26-8-2)19(17)16-11-9-10-12(3)13(16)4;/h9-11,19,22H,7-8H2,1-6H3;1H3. The van der Waals surface area contributed by atoms with Gasteiger partial charge in [0.05, 0.1) is 30.3 Å². The number of rotatable bonds is 5. The highest BCUT2D eigenvalue weighted by Gasteiger charge is 2.38. The third kappa shape index (κ3) is 4.39. The van der Waals surface area contributed by atoms with Crippen LogP contribution in [-0.2, 0) is 19.1 Å². The van der Waals surface area contributed by atoms with E-state index in [0.29, 0.717) is 22.5 Å². The predicted octanol–water partition coefficient (Wildman–Crippen LogP) is 3.83. The lowest BCUT2D eigenvalue weighted by molar-refractivity contribution is -0.139. The number of nitrogens with one attached hydrogen (secondary N) is 1. The van der Waals surface area contributed by atoms with Gasteiger partial charge in [-0.15, -0.1) is 0 Å². The summed E-state index contributed by atoms with van der Waals surface area (Å²) in [5.41, 5.74) is 5.35. The maximum atomic E-state index is 12.7. The van der Waals surface area contributed by atoms with Crippen LogP contribution in [0.15, 0.2) is 40.7 Å². The SMILES string of the molecule is CCOC(=O)C1=C(C)NC(C)=C(C(=O)OCC)C1c1cccc(C)c1C.N. The average Bonchev–Trinajstić information content (AvgIpc) is 2.57. The molecule has 1 aromatic rings. The highest BCUT2D eigenvalue weighted by atomic mass is 16.5. The summed E-state index contributed by atoms with van der Waals surface area (Å²) in [6.07, 6.45) is 0. The zero-order valence-electron chi connectivity index (χ0n) is 17.1. The zero-order chi connectivity index (χ0) is 19.4. The summed E-state index contributed by atoms with van der Waals surface area (Å²) in [6.45, 7) is 11.8. The number of esters is 2. The first-order valence-electron chi connectivity index (χ1n) is 8.92. The van der Waals surface area contributed by atoms with Gasteiger partial charge in [-0.3, -0.25) is 0 Å². The van der Waals surface area contributed by atoms with Crippen molar-refractivity contribution in [2.24, 2.45) is 0 Å². The van der Waals surface area contributed by atoms with E-state index in [1.54, 1.807) is 13.8 Å². The van der Waals surface area contributed by atoms with Gasteiger partial charge in [0, 0.05) is 11.4 Å². The number of aryl methyl sites for hydroxylation is 1. The lowest BCUT2D eigenvalue weighted by Gasteiger charge is -2.31. The van der Waals surface area contributed by atoms with E-state index in [9.17, 15) is 9.59 Å². The Balaban J connectivity index is 0.00000364. The summed E-state index contributed by atoms with van der Waals surface area (Å²) in [4.78, 5) is 25.5. The maximum absolute atomic E-state index is 12.7. The third-order valence-corrected chi connectivity index (χ3v) is 4.71. The van der Waals surface area contributed by atoms with Crippen molar-refractivity contribution in [3.63, 3.8) is 0 Å². The van der Waals surface area contributed by atoms with E-state index < -0.39 is 17.9 Å². The molecule has 27 heavy (non-hydrogen) atoms. The Labute approximate surface area is 161 Å². The minimum Gasteiger partial charge on any atom is -0.463 e. The normalized spacial score (nSPS) is 14.4. The molecule has 1 aromatic carbocycles. The Bertz CT molecular complexity index is 753. The van der Waals surface area contributed by atoms with Gasteiger partial charge in [0.15, 0.2) is 0 Å². The van der Waals surface area contributed by atoms with Crippen LogP contribution in [0.4, 0.5) is 0 Å². The molecule has 6 nitrogen and oxygen atoms in total. The van der Waals surface area contributed by atoms with Gasteiger partial charge >= 0.3 is 11.9 Å². The first kappa shape index (κ1) is 22.4. The van der Waals surface area contributed by atoms with Crippen LogP contribution in [0.2, 0.25) is 0 Å². The Morgan fingerprint density at radius 1 is 0.926 bits per heavy atom. The molecule has 0 spiro atoms. The summed E-state index contributed by atoms with van der Waals surface area (Å²) in [7, 11) is 0. The van der Waals surface area contributed by atoms with E-state index in [2.05, 4.69) is 5.32 Å². The van der Waals surface area contributed by atoms with Crippen molar-refractivity contribution in [3.8, 4) is 0 Å². The lowest BCUT2D eigenvalue weighted by Crippen LogP contribution is -2.33. The van der Waals surface area contributed by atoms with Crippen LogP contribution < -0.4 is 11.5 Å². The summed E-state index contributed by atoms with van der Waals surface area (Å²) < 4.78 is 10.6. The Kier molecular flexibility index (Phi) is 7.79. The molecule has 0 atom stereocenters. The van der Waals surface area contributed by atoms with Gasteiger partial charge in [-0.1, -0.05) is 18.2 Å². The number of hydrogen-bond donors (Lipinski definition) is 2. The van der Waals surface area contributed by atoms with Gasteiger partial charge in [-0.2, -0.15) is 0 Å². The van der Waals surface area contributed by atoms with E-state index in [-0.39, 0.29) is 19.4 Å². The number of carbonyl (C=O) groups is 2.